The van der Waals surface area contributed by atoms with Crippen molar-refractivity contribution >= 4 is 35.5 Å². The number of hydrogen-bond acceptors (Lipinski definition) is 8. The molecule has 1 saturated carbocycles. The second-order valence-electron chi connectivity index (χ2n) is 11.1. The van der Waals surface area contributed by atoms with E-state index in [4.69, 9.17) is 9.72 Å². The van der Waals surface area contributed by atoms with E-state index < -0.39 is 12.0 Å². The molecule has 0 unspecified atom stereocenters. The highest BCUT2D eigenvalue weighted by Gasteiger charge is 2.27. The molecule has 2 aromatic rings. The molecule has 1 saturated heterocycles. The smallest absolute Gasteiger partial charge is 0.415 e. The number of aromatic nitrogens is 2. The van der Waals surface area contributed by atoms with Crippen LogP contribution in [0.4, 0.5) is 27.0 Å². The van der Waals surface area contributed by atoms with Gasteiger partial charge < -0.3 is 30.3 Å². The number of benzene rings is 1. The molecule has 2 fully saturated rings. The fourth-order valence-electron chi connectivity index (χ4n) is 5.61. The van der Waals surface area contributed by atoms with Crippen LogP contribution in [0.15, 0.2) is 30.5 Å². The number of rotatable bonds is 12. The van der Waals surface area contributed by atoms with Crippen molar-refractivity contribution in [3.63, 3.8) is 0 Å². The van der Waals surface area contributed by atoms with Crippen molar-refractivity contribution in [2.45, 2.75) is 84.2 Å². The fourth-order valence-corrected chi connectivity index (χ4v) is 5.61. The first-order valence-electron chi connectivity index (χ1n) is 15.6. The van der Waals surface area contributed by atoms with Crippen molar-refractivity contribution in [3.8, 4) is 5.75 Å². The predicted octanol–water partition coefficient (Wildman–Crippen LogP) is 4.89. The summed E-state index contributed by atoms with van der Waals surface area (Å²) in [6.45, 7) is 8.96. The van der Waals surface area contributed by atoms with Crippen molar-refractivity contribution in [1.29, 1.82) is 0 Å². The zero-order chi connectivity index (χ0) is 30.8. The summed E-state index contributed by atoms with van der Waals surface area (Å²) < 4.78 is 5.48. The number of hydrogen-bond donors (Lipinski definition) is 3. The number of ether oxygens (including phenoxy) is 1. The number of carbonyl (C=O) groups is 3. The molecule has 12 heteroatoms. The highest BCUT2D eigenvalue weighted by Crippen LogP contribution is 2.28. The molecule has 43 heavy (non-hydrogen) atoms. The van der Waals surface area contributed by atoms with Crippen LogP contribution < -0.4 is 25.2 Å². The van der Waals surface area contributed by atoms with Crippen molar-refractivity contribution in [2.24, 2.45) is 0 Å². The van der Waals surface area contributed by atoms with E-state index >= 15 is 0 Å². The number of carbonyl (C=O) groups excluding carboxylic acids is 2. The van der Waals surface area contributed by atoms with Crippen molar-refractivity contribution in [2.75, 3.05) is 47.8 Å². The molecular weight excluding hydrogens is 550 g/mol. The van der Waals surface area contributed by atoms with E-state index in [1.165, 1.54) is 6.42 Å². The highest BCUT2D eigenvalue weighted by atomic mass is 16.6. The Hall–Kier alpha value is -4.09. The van der Waals surface area contributed by atoms with E-state index in [9.17, 15) is 19.5 Å². The van der Waals surface area contributed by atoms with E-state index in [1.807, 2.05) is 25.7 Å². The molecule has 0 radical (unpaired) electrons. The summed E-state index contributed by atoms with van der Waals surface area (Å²) in [5.41, 5.74) is 1.16. The molecule has 1 aliphatic heterocycles. The first kappa shape index (κ1) is 31.8. The summed E-state index contributed by atoms with van der Waals surface area (Å²) in [5, 5.41) is 16.4. The van der Waals surface area contributed by atoms with Crippen molar-refractivity contribution in [3.05, 3.63) is 36.0 Å². The summed E-state index contributed by atoms with van der Waals surface area (Å²) in [6, 6.07) is 5.67. The van der Waals surface area contributed by atoms with Gasteiger partial charge in [-0.3, -0.25) is 4.90 Å². The summed E-state index contributed by atoms with van der Waals surface area (Å²) >= 11 is 0. The number of urea groups is 1. The maximum atomic E-state index is 13.4. The van der Waals surface area contributed by atoms with Crippen LogP contribution in [0.3, 0.4) is 0 Å². The van der Waals surface area contributed by atoms with Crippen LogP contribution in [0.1, 0.15) is 71.3 Å². The Morgan fingerprint density at radius 1 is 1.00 bits per heavy atom. The molecule has 2 aliphatic rings. The Balaban J connectivity index is 1.54. The number of nitrogens with one attached hydrogen (secondary N) is 2. The van der Waals surface area contributed by atoms with Crippen LogP contribution in [0.25, 0.3) is 0 Å². The first-order chi connectivity index (χ1) is 20.8. The van der Waals surface area contributed by atoms with Gasteiger partial charge >= 0.3 is 18.1 Å². The molecule has 4 rings (SSSR count). The molecule has 1 atom stereocenters. The van der Waals surface area contributed by atoms with E-state index in [-0.39, 0.29) is 30.4 Å². The number of carboxylic acid groups (broad SMARTS) is 1. The van der Waals surface area contributed by atoms with Gasteiger partial charge in [-0.15, -0.1) is 0 Å². The molecule has 3 N–H and O–H groups in total. The molecule has 1 aromatic heterocycles. The summed E-state index contributed by atoms with van der Waals surface area (Å²) in [6.07, 6.45) is 8.57. The van der Waals surface area contributed by atoms with E-state index in [2.05, 4.69) is 15.6 Å². The largest absolute Gasteiger partial charge is 0.480 e. The molecular formula is C31H45N7O5. The number of likely N-dealkylation sites (tertiary alicyclic amines) is 1. The van der Waals surface area contributed by atoms with Gasteiger partial charge in [-0.05, 0) is 64.2 Å². The summed E-state index contributed by atoms with van der Waals surface area (Å²) in [7, 11) is 0. The second-order valence-corrected chi connectivity index (χ2v) is 11.1. The molecule has 3 amide bonds. The number of amides is 3. The Morgan fingerprint density at radius 2 is 1.67 bits per heavy atom. The van der Waals surface area contributed by atoms with Gasteiger partial charge in [0.05, 0.1) is 6.20 Å². The van der Waals surface area contributed by atoms with Crippen LogP contribution in [-0.4, -0.2) is 82.9 Å². The predicted molar refractivity (Wildman–Crippen MR) is 166 cm³/mol. The minimum Gasteiger partial charge on any atom is -0.480 e. The number of carboxylic acids is 1. The van der Waals surface area contributed by atoms with E-state index in [0.29, 0.717) is 50.1 Å². The number of anilines is 3. The third kappa shape index (κ3) is 8.48. The van der Waals surface area contributed by atoms with Crippen LogP contribution in [0, 0.1) is 0 Å². The van der Waals surface area contributed by atoms with Crippen LogP contribution in [-0.2, 0) is 11.2 Å². The maximum absolute atomic E-state index is 13.4. The van der Waals surface area contributed by atoms with Gasteiger partial charge in [-0.2, -0.15) is 4.98 Å². The monoisotopic (exact) mass is 595 g/mol. The lowest BCUT2D eigenvalue weighted by Crippen LogP contribution is -2.46. The summed E-state index contributed by atoms with van der Waals surface area (Å²) in [5.74, 6) is 0.0765. The van der Waals surface area contributed by atoms with Gasteiger partial charge in [0.2, 0.25) is 5.95 Å². The topological polar surface area (TPSA) is 140 Å². The molecule has 2 heterocycles. The zero-order valence-electron chi connectivity index (χ0n) is 25.6. The standard InChI is InChI=1S/C31H45N7O5/c1-4-36(5-2)29-32-21-26(38(6-3)30(41)33-23-12-8-7-9-13-23)27(35-29)34-25(28(39)40)20-22-14-16-24(17-15-22)43-31(42)37-18-10-11-19-37/h14-17,21,23,25H,4-13,18-20H2,1-3H3,(H,33,41)(H,39,40)(H,32,34,35)/t25-/m0/s1. The van der Waals surface area contributed by atoms with Crippen LogP contribution in [0.2, 0.25) is 0 Å². The minimum atomic E-state index is -1.06. The van der Waals surface area contributed by atoms with Gasteiger partial charge in [0.1, 0.15) is 17.5 Å². The lowest BCUT2D eigenvalue weighted by Gasteiger charge is -2.29. The van der Waals surface area contributed by atoms with Crippen LogP contribution in [0.5, 0.6) is 5.75 Å². The van der Waals surface area contributed by atoms with Gasteiger partial charge in [0.15, 0.2) is 5.82 Å². The third-order valence-electron chi connectivity index (χ3n) is 8.13. The SMILES string of the molecule is CCN(CC)c1ncc(N(CC)C(=O)NC2CCCCC2)c(N[C@@H](Cc2ccc(OC(=O)N3CCCC3)cc2)C(=O)O)n1. The quantitative estimate of drug-likeness (QED) is 0.313. The molecule has 234 valence electrons. The lowest BCUT2D eigenvalue weighted by molar-refractivity contribution is -0.137. The lowest BCUT2D eigenvalue weighted by atomic mass is 9.96. The van der Waals surface area contributed by atoms with Gasteiger partial charge in [0, 0.05) is 45.2 Å². The minimum absolute atomic E-state index is 0.118. The molecule has 0 bridgehead atoms. The summed E-state index contributed by atoms with van der Waals surface area (Å²) in [4.78, 5) is 52.6. The number of aliphatic carboxylic acids is 1. The molecule has 0 spiro atoms. The Morgan fingerprint density at radius 3 is 2.28 bits per heavy atom. The fraction of sp³-hybridized carbons (Fsp3) is 0.581. The maximum Gasteiger partial charge on any atom is 0.415 e. The first-order valence-corrected chi connectivity index (χ1v) is 15.6. The van der Waals surface area contributed by atoms with E-state index in [1.54, 1.807) is 40.3 Å². The van der Waals surface area contributed by atoms with Crippen molar-refractivity contribution in [1.82, 2.24) is 20.2 Å². The molecule has 12 nitrogen and oxygen atoms in total. The van der Waals surface area contributed by atoms with Gasteiger partial charge in [-0.25, -0.2) is 19.4 Å². The Kier molecular flexibility index (Phi) is 11.4. The van der Waals surface area contributed by atoms with Gasteiger partial charge in [0.25, 0.3) is 0 Å². The highest BCUT2D eigenvalue weighted by molar-refractivity contribution is 5.95. The van der Waals surface area contributed by atoms with Crippen LogP contribution >= 0.6 is 0 Å². The zero-order valence-corrected chi connectivity index (χ0v) is 25.6. The Labute approximate surface area is 253 Å². The second kappa shape index (κ2) is 15.4. The van der Waals surface area contributed by atoms with Gasteiger partial charge in [-0.1, -0.05) is 31.4 Å². The van der Waals surface area contributed by atoms with E-state index in [0.717, 1.165) is 44.1 Å². The average molecular weight is 596 g/mol. The third-order valence-corrected chi connectivity index (χ3v) is 8.13. The Bertz CT molecular complexity index is 1230. The van der Waals surface area contributed by atoms with Crippen molar-refractivity contribution < 1.29 is 24.2 Å². The average Bonchev–Trinajstić information content (AvgIpc) is 3.56. The molecule has 1 aromatic carbocycles. The number of nitrogens with zero attached hydrogens (tertiary/aromatic N) is 5. The normalized spacial score (nSPS) is 15.9. The molecule has 1 aliphatic carbocycles.